The monoisotopic (exact) mass is 450 g/mol. The molecule has 1 N–H and O–H groups in total. The van der Waals surface area contributed by atoms with Gasteiger partial charge in [0.15, 0.2) is 6.61 Å². The van der Waals surface area contributed by atoms with Crippen LogP contribution in [0.2, 0.25) is 5.02 Å². The molecule has 2 amide bonds. The minimum atomic E-state index is -0.700. The van der Waals surface area contributed by atoms with Crippen LogP contribution in [0.3, 0.4) is 0 Å². The van der Waals surface area contributed by atoms with Gasteiger partial charge in [-0.25, -0.2) is 0 Å². The molecule has 3 aromatic rings. The van der Waals surface area contributed by atoms with Crippen molar-refractivity contribution >= 4 is 23.4 Å². The Bertz CT molecular complexity index is 1060. The molecule has 0 aliphatic rings. The molecule has 166 valence electrons. The van der Waals surface area contributed by atoms with E-state index in [2.05, 4.69) is 5.32 Å². The predicted octanol–water partition coefficient (Wildman–Crippen LogP) is 4.41. The van der Waals surface area contributed by atoms with Crippen LogP contribution in [-0.2, 0) is 22.6 Å². The highest BCUT2D eigenvalue weighted by molar-refractivity contribution is 6.30. The summed E-state index contributed by atoms with van der Waals surface area (Å²) in [4.78, 5) is 27.8. The first-order valence-corrected chi connectivity index (χ1v) is 10.8. The highest BCUT2D eigenvalue weighted by Crippen LogP contribution is 2.19. The first-order valence-electron chi connectivity index (χ1n) is 10.5. The van der Waals surface area contributed by atoms with Crippen LogP contribution in [0.15, 0.2) is 78.9 Å². The van der Waals surface area contributed by atoms with Crippen LogP contribution in [0.4, 0.5) is 0 Å². The largest absolute Gasteiger partial charge is 0.484 e. The van der Waals surface area contributed by atoms with Gasteiger partial charge in [0.05, 0.1) is 0 Å². The summed E-state index contributed by atoms with van der Waals surface area (Å²) in [6, 6.07) is 23.8. The molecule has 6 heteroatoms. The van der Waals surface area contributed by atoms with Crippen molar-refractivity contribution in [3.05, 3.63) is 101 Å². The Morgan fingerprint density at radius 1 is 0.969 bits per heavy atom. The maximum absolute atomic E-state index is 13.4. The summed E-state index contributed by atoms with van der Waals surface area (Å²) in [7, 11) is 1.58. The number of rotatable bonds is 9. The Morgan fingerprint density at radius 2 is 1.66 bits per heavy atom. The van der Waals surface area contributed by atoms with E-state index >= 15 is 0 Å². The number of hydrogen-bond donors (Lipinski definition) is 1. The molecule has 0 saturated heterocycles. The third kappa shape index (κ3) is 6.34. The Hall–Kier alpha value is -3.31. The Balaban J connectivity index is 1.88. The second-order valence-electron chi connectivity index (χ2n) is 7.53. The van der Waals surface area contributed by atoms with Crippen LogP contribution >= 0.6 is 11.6 Å². The second kappa shape index (κ2) is 11.3. The molecular weight excluding hydrogens is 424 g/mol. The fourth-order valence-electron chi connectivity index (χ4n) is 3.49. The van der Waals surface area contributed by atoms with Gasteiger partial charge < -0.3 is 15.0 Å². The third-order valence-corrected chi connectivity index (χ3v) is 5.44. The van der Waals surface area contributed by atoms with Gasteiger partial charge >= 0.3 is 0 Å². The van der Waals surface area contributed by atoms with Gasteiger partial charge in [-0.3, -0.25) is 9.59 Å². The topological polar surface area (TPSA) is 58.6 Å². The summed E-state index contributed by atoms with van der Waals surface area (Å²) >= 11 is 6.16. The molecule has 0 fully saturated rings. The first kappa shape index (κ1) is 23.4. The lowest BCUT2D eigenvalue weighted by atomic mass is 10.0. The lowest BCUT2D eigenvalue weighted by molar-refractivity contribution is -0.142. The summed E-state index contributed by atoms with van der Waals surface area (Å²) in [5, 5.41) is 3.28. The number of carbonyl (C=O) groups excluding carboxylic acids is 2. The summed E-state index contributed by atoms with van der Waals surface area (Å²) in [5.74, 6) is 0.126. The van der Waals surface area contributed by atoms with Crippen LogP contribution in [-0.4, -0.2) is 36.4 Å². The number of aryl methyl sites for hydroxylation is 1. The molecular formula is C26H27ClN2O3. The lowest BCUT2D eigenvalue weighted by Crippen LogP contribution is -2.51. The number of benzene rings is 3. The molecule has 0 heterocycles. The maximum Gasteiger partial charge on any atom is 0.261 e. The molecule has 32 heavy (non-hydrogen) atoms. The number of ether oxygens (including phenoxy) is 1. The van der Waals surface area contributed by atoms with Crippen molar-refractivity contribution in [1.82, 2.24) is 10.2 Å². The third-order valence-electron chi connectivity index (χ3n) is 5.20. The first-order chi connectivity index (χ1) is 15.5. The van der Waals surface area contributed by atoms with Crippen LogP contribution in [0.5, 0.6) is 5.75 Å². The van der Waals surface area contributed by atoms with E-state index in [-0.39, 0.29) is 25.0 Å². The minimum Gasteiger partial charge on any atom is -0.484 e. The second-order valence-corrected chi connectivity index (χ2v) is 7.96. The normalized spacial score (nSPS) is 11.5. The van der Waals surface area contributed by atoms with Crippen molar-refractivity contribution in [1.29, 1.82) is 0 Å². The smallest absolute Gasteiger partial charge is 0.261 e. The fraction of sp³-hybridized carbons (Fsp3) is 0.231. The molecule has 0 aliphatic carbocycles. The van der Waals surface area contributed by atoms with E-state index in [1.807, 2.05) is 73.7 Å². The van der Waals surface area contributed by atoms with Crippen LogP contribution in [0.1, 0.15) is 16.7 Å². The van der Waals surface area contributed by atoms with Crippen LogP contribution in [0.25, 0.3) is 0 Å². The average molecular weight is 451 g/mol. The summed E-state index contributed by atoms with van der Waals surface area (Å²) in [5.41, 5.74) is 2.74. The van der Waals surface area contributed by atoms with Gasteiger partial charge in [0.1, 0.15) is 11.8 Å². The number of para-hydroxylation sites is 1. The summed E-state index contributed by atoms with van der Waals surface area (Å²) in [6.07, 6.45) is 0.386. The number of hydrogen-bond acceptors (Lipinski definition) is 3. The highest BCUT2D eigenvalue weighted by atomic mass is 35.5. The molecule has 1 unspecified atom stereocenters. The molecule has 0 spiro atoms. The Morgan fingerprint density at radius 3 is 2.34 bits per heavy atom. The van der Waals surface area contributed by atoms with Gasteiger partial charge in [-0.2, -0.15) is 0 Å². The van der Waals surface area contributed by atoms with Crippen molar-refractivity contribution in [2.24, 2.45) is 0 Å². The number of likely N-dealkylation sites (N-methyl/N-ethyl adjacent to an activating group) is 1. The quantitative estimate of drug-likeness (QED) is 0.525. The zero-order chi connectivity index (χ0) is 22.9. The van der Waals surface area contributed by atoms with E-state index in [1.54, 1.807) is 24.1 Å². The van der Waals surface area contributed by atoms with Gasteiger partial charge in [0.2, 0.25) is 5.91 Å². The van der Waals surface area contributed by atoms with Crippen LogP contribution in [0, 0.1) is 6.92 Å². The summed E-state index contributed by atoms with van der Waals surface area (Å²) < 4.78 is 5.81. The maximum atomic E-state index is 13.4. The molecule has 3 aromatic carbocycles. The zero-order valence-electron chi connectivity index (χ0n) is 18.3. The van der Waals surface area contributed by atoms with Gasteiger partial charge in [-0.15, -0.1) is 0 Å². The molecule has 0 radical (unpaired) electrons. The van der Waals surface area contributed by atoms with E-state index in [4.69, 9.17) is 16.3 Å². The molecule has 3 rings (SSSR count). The standard InChI is InChI=1S/C26H27ClN2O3/c1-19-9-6-7-14-24(19)32-18-25(30)29(17-21-12-8-13-22(27)15-21)23(26(31)28-2)16-20-10-4-3-5-11-20/h3-15,23H,16-18H2,1-2H3,(H,28,31). The fourth-order valence-corrected chi connectivity index (χ4v) is 3.71. The summed E-state index contributed by atoms with van der Waals surface area (Å²) in [6.45, 7) is 1.99. The highest BCUT2D eigenvalue weighted by Gasteiger charge is 2.30. The van der Waals surface area contributed by atoms with Gasteiger partial charge in [0.25, 0.3) is 5.91 Å². The van der Waals surface area contributed by atoms with E-state index < -0.39 is 6.04 Å². The molecule has 0 aromatic heterocycles. The minimum absolute atomic E-state index is 0.173. The number of nitrogens with one attached hydrogen (secondary N) is 1. The number of halogens is 1. The van der Waals surface area contributed by atoms with Gasteiger partial charge in [-0.05, 0) is 41.8 Å². The van der Waals surface area contributed by atoms with Gasteiger partial charge in [0, 0.05) is 25.0 Å². The lowest BCUT2D eigenvalue weighted by Gasteiger charge is -2.31. The average Bonchev–Trinajstić information content (AvgIpc) is 2.81. The number of carbonyl (C=O) groups is 2. The number of nitrogens with zero attached hydrogens (tertiary/aromatic N) is 1. The molecule has 5 nitrogen and oxygen atoms in total. The van der Waals surface area contributed by atoms with Gasteiger partial charge in [-0.1, -0.05) is 72.3 Å². The van der Waals surface area contributed by atoms with Crippen molar-refractivity contribution in [2.75, 3.05) is 13.7 Å². The van der Waals surface area contributed by atoms with E-state index in [0.717, 1.165) is 16.7 Å². The molecule has 0 bridgehead atoms. The Kier molecular flexibility index (Phi) is 8.28. The van der Waals surface area contributed by atoms with Crippen molar-refractivity contribution in [3.8, 4) is 5.75 Å². The van der Waals surface area contributed by atoms with Crippen LogP contribution < -0.4 is 10.1 Å². The van der Waals surface area contributed by atoms with Crippen molar-refractivity contribution in [2.45, 2.75) is 25.9 Å². The number of amides is 2. The SMILES string of the molecule is CNC(=O)C(Cc1ccccc1)N(Cc1cccc(Cl)c1)C(=O)COc1ccccc1C. The van der Waals surface area contributed by atoms with E-state index in [1.165, 1.54) is 0 Å². The zero-order valence-corrected chi connectivity index (χ0v) is 19.0. The molecule has 0 aliphatic heterocycles. The van der Waals surface area contributed by atoms with Crippen molar-refractivity contribution < 1.29 is 14.3 Å². The molecule has 1 atom stereocenters. The van der Waals surface area contributed by atoms with E-state index in [0.29, 0.717) is 17.2 Å². The molecule has 0 saturated carbocycles. The predicted molar refractivity (Wildman–Crippen MR) is 127 cm³/mol. The van der Waals surface area contributed by atoms with E-state index in [9.17, 15) is 9.59 Å². The Labute approximate surface area is 194 Å². The van der Waals surface area contributed by atoms with Crippen molar-refractivity contribution in [3.63, 3.8) is 0 Å².